The van der Waals surface area contributed by atoms with Gasteiger partial charge >= 0.3 is 0 Å². The topological polar surface area (TPSA) is 0 Å². The van der Waals surface area contributed by atoms with E-state index in [1.54, 1.807) is 0 Å². The fourth-order valence-corrected chi connectivity index (χ4v) is 15.1. The Bertz CT molecular complexity index is 1600. The maximum Gasteiger partial charge on any atom is 0.0146 e. The third-order valence-electron chi connectivity index (χ3n) is 8.38. The quantitative estimate of drug-likeness (QED) is 0.164. The van der Waals surface area contributed by atoms with Crippen molar-refractivity contribution in [2.24, 2.45) is 0 Å². The fraction of sp³-hybridized carbons (Fsp3) is 0.143. The summed E-state index contributed by atoms with van der Waals surface area (Å²) in [6.45, 7) is 12.9. The lowest BCUT2D eigenvalue weighted by Gasteiger charge is -2.37. The molecule has 0 bridgehead atoms. The first kappa shape index (κ1) is 33.9. The first-order chi connectivity index (χ1) is 22.1. The van der Waals surface area contributed by atoms with Crippen molar-refractivity contribution >= 4 is 39.8 Å². The lowest BCUT2D eigenvalue weighted by Crippen LogP contribution is -2.02. The van der Waals surface area contributed by atoms with Crippen molar-refractivity contribution in [1.82, 2.24) is 0 Å². The van der Waals surface area contributed by atoms with Crippen LogP contribution in [-0.2, 0) is 0 Å². The van der Waals surface area contributed by atoms with Crippen LogP contribution >= 0.6 is 39.8 Å². The summed E-state index contributed by atoms with van der Waals surface area (Å²) in [7, 11) is 11.4. The third kappa shape index (κ3) is 6.55. The molecule has 0 spiro atoms. The smallest absolute Gasteiger partial charge is 0.0146 e. The highest BCUT2D eigenvalue weighted by molar-refractivity contribution is 8.51. The Kier molecular flexibility index (Phi) is 10.8. The molecule has 0 N–H and O–H groups in total. The number of hydrogen-bond donors (Lipinski definition) is 0. The van der Waals surface area contributed by atoms with Crippen LogP contribution < -0.4 is 0 Å². The van der Waals surface area contributed by atoms with Gasteiger partial charge in [0.05, 0.1) is 0 Å². The zero-order chi connectivity index (χ0) is 32.9. The van der Waals surface area contributed by atoms with E-state index in [4.69, 9.17) is 21.4 Å². The minimum Gasteiger partial charge on any atom is -0.0802 e. The van der Waals surface area contributed by atoms with Gasteiger partial charge in [0.1, 0.15) is 0 Å². The number of halogens is 2. The Hall–Kier alpha value is -3.40. The molecule has 0 radical (unpaired) electrons. The summed E-state index contributed by atoms with van der Waals surface area (Å²) in [5.41, 5.74) is 7.44. The molecule has 0 aliphatic heterocycles. The van der Waals surface area contributed by atoms with Gasteiger partial charge in [0.25, 0.3) is 0 Å². The van der Waals surface area contributed by atoms with Gasteiger partial charge in [-0.1, -0.05) is 149 Å². The molecule has 0 aromatic heterocycles. The molecule has 4 heteroatoms. The van der Waals surface area contributed by atoms with Crippen molar-refractivity contribution in [3.63, 3.8) is 0 Å². The summed E-state index contributed by atoms with van der Waals surface area (Å²) in [5, 5.41) is 0. The van der Waals surface area contributed by atoms with Gasteiger partial charge in [0, 0.05) is 29.4 Å². The van der Waals surface area contributed by atoms with E-state index in [2.05, 4.69) is 187 Å². The summed E-state index contributed by atoms with van der Waals surface area (Å²) in [4.78, 5) is 7.36. The van der Waals surface area contributed by atoms with Crippen LogP contribution in [0.3, 0.4) is 0 Å². The molecule has 0 aliphatic carbocycles. The largest absolute Gasteiger partial charge is 0.0802 e. The Morgan fingerprint density at radius 3 is 0.522 bits per heavy atom. The van der Waals surface area contributed by atoms with E-state index in [0.29, 0.717) is 0 Å². The molecule has 46 heavy (non-hydrogen) atoms. The van der Waals surface area contributed by atoms with E-state index in [-0.39, 0.29) is 0 Å². The second-order valence-corrected chi connectivity index (χ2v) is 19.2. The molecule has 0 fully saturated rings. The number of benzene rings is 6. The zero-order valence-electron chi connectivity index (χ0n) is 27.4. The Labute approximate surface area is 288 Å². The van der Waals surface area contributed by atoms with E-state index in [1.807, 2.05) is 0 Å². The van der Waals surface area contributed by atoms with Crippen molar-refractivity contribution in [1.29, 1.82) is 0 Å². The van der Waals surface area contributed by atoms with Gasteiger partial charge in [0.2, 0.25) is 0 Å². The molecule has 0 unspecified atom stereocenters. The summed E-state index contributed by atoms with van der Waals surface area (Å²) in [5.74, 6) is 0. The van der Waals surface area contributed by atoms with Crippen molar-refractivity contribution in [2.45, 2.75) is 70.9 Å². The first-order valence-electron chi connectivity index (χ1n) is 15.5. The maximum atomic E-state index is 7.51. The van der Waals surface area contributed by atoms with Crippen molar-refractivity contribution in [3.8, 4) is 0 Å². The molecule has 236 valence electrons. The van der Waals surface area contributed by atoms with E-state index in [1.165, 1.54) is 62.8 Å². The first-order valence-corrected chi connectivity index (χ1v) is 20.4. The third-order valence-corrected chi connectivity index (χ3v) is 17.8. The van der Waals surface area contributed by atoms with Crippen molar-refractivity contribution in [2.75, 3.05) is 0 Å². The van der Waals surface area contributed by atoms with Crippen LogP contribution in [0.2, 0.25) is 0 Å². The van der Waals surface area contributed by atoms with Crippen LogP contribution in [0.4, 0.5) is 0 Å². The second kappa shape index (κ2) is 14.6. The lowest BCUT2D eigenvalue weighted by atomic mass is 10.2. The van der Waals surface area contributed by atoms with E-state index < -0.39 is 18.5 Å². The minimum atomic E-state index is -1.79. The monoisotopic (exact) mass is 680 g/mol. The highest BCUT2D eigenvalue weighted by Gasteiger charge is 2.33. The van der Waals surface area contributed by atoms with Gasteiger partial charge < -0.3 is 0 Å². The fourth-order valence-electron chi connectivity index (χ4n) is 5.94. The predicted octanol–water partition coefficient (Wildman–Crippen LogP) is 14.1. The standard InChI is InChI=1S/2C21H21ClS/c2*1-16-10-4-7-13-19(16)23(22,20-14-8-5-11-17(20)2)21-15-9-6-12-18(21)3/h2*4-15H,1-3H3. The van der Waals surface area contributed by atoms with Gasteiger partial charge in [-0.3, -0.25) is 0 Å². The zero-order valence-corrected chi connectivity index (χ0v) is 30.6. The number of aryl methyl sites for hydroxylation is 6. The van der Waals surface area contributed by atoms with Gasteiger partial charge in [-0.05, 0) is 111 Å². The minimum absolute atomic E-state index is 1.23. The average Bonchev–Trinajstić information content (AvgIpc) is 3.06. The molecule has 6 aromatic rings. The molecular weight excluding hydrogens is 640 g/mol. The van der Waals surface area contributed by atoms with Crippen molar-refractivity contribution in [3.05, 3.63) is 179 Å². The lowest BCUT2D eigenvalue weighted by molar-refractivity contribution is 1.20. The SMILES string of the molecule is Cc1ccccc1S(Cl)(c1ccccc1C)c1ccccc1C.Cc1ccccc1S(Cl)(c1ccccc1C)c1ccccc1C. The molecule has 0 saturated heterocycles. The Morgan fingerprint density at radius 1 is 0.261 bits per heavy atom. The normalized spacial score (nSPS) is 12.2. The molecule has 6 aromatic carbocycles. The summed E-state index contributed by atoms with van der Waals surface area (Å²) >= 11 is 0. The van der Waals surface area contributed by atoms with Crippen molar-refractivity contribution < 1.29 is 0 Å². The average molecular weight is 682 g/mol. The van der Waals surface area contributed by atoms with Crippen LogP contribution in [0.1, 0.15) is 33.4 Å². The highest BCUT2D eigenvalue weighted by atomic mass is 35.7. The number of hydrogen-bond acceptors (Lipinski definition) is 0. The highest BCUT2D eigenvalue weighted by Crippen LogP contribution is 2.75. The molecule has 0 atom stereocenters. The van der Waals surface area contributed by atoms with E-state index in [9.17, 15) is 0 Å². The predicted molar refractivity (Wildman–Crippen MR) is 204 cm³/mol. The Morgan fingerprint density at radius 2 is 0.391 bits per heavy atom. The summed E-state index contributed by atoms with van der Waals surface area (Å²) < 4.78 is 0. The molecule has 0 saturated carbocycles. The van der Waals surface area contributed by atoms with Crippen LogP contribution in [0.15, 0.2) is 175 Å². The van der Waals surface area contributed by atoms with Crippen LogP contribution in [-0.4, -0.2) is 0 Å². The van der Waals surface area contributed by atoms with Gasteiger partial charge in [-0.25, -0.2) is 0 Å². The summed E-state index contributed by atoms with van der Waals surface area (Å²) in [6, 6.07) is 50.9. The molecule has 0 heterocycles. The van der Waals surface area contributed by atoms with Gasteiger partial charge in [-0.15, -0.1) is 0 Å². The van der Waals surface area contributed by atoms with E-state index in [0.717, 1.165) is 0 Å². The second-order valence-electron chi connectivity index (χ2n) is 11.7. The van der Waals surface area contributed by atoms with E-state index >= 15 is 0 Å². The molecular formula is C42H42Cl2S2. The van der Waals surface area contributed by atoms with Crippen LogP contribution in [0.25, 0.3) is 0 Å². The maximum absolute atomic E-state index is 7.51. The molecule has 0 amide bonds. The van der Waals surface area contributed by atoms with Crippen LogP contribution in [0, 0.1) is 41.5 Å². The van der Waals surface area contributed by atoms with Crippen LogP contribution in [0.5, 0.6) is 0 Å². The van der Waals surface area contributed by atoms with Gasteiger partial charge in [-0.2, -0.15) is 0 Å². The Balaban J connectivity index is 0.000000181. The number of rotatable bonds is 6. The molecule has 0 nitrogen and oxygen atoms in total. The molecule has 6 rings (SSSR count). The summed E-state index contributed by atoms with van der Waals surface area (Å²) in [6.07, 6.45) is 0. The van der Waals surface area contributed by atoms with Gasteiger partial charge in [0.15, 0.2) is 0 Å². The molecule has 0 aliphatic rings.